The van der Waals surface area contributed by atoms with Gasteiger partial charge in [-0.2, -0.15) is 0 Å². The number of carbonyl (C=O) groups is 1. The van der Waals surface area contributed by atoms with E-state index in [0.717, 1.165) is 0 Å². The molecule has 18 heavy (non-hydrogen) atoms. The Kier molecular flexibility index (Phi) is 4.38. The molecule has 0 radical (unpaired) electrons. The number of hydrogen-bond acceptors (Lipinski definition) is 5. The maximum absolute atomic E-state index is 11.0. The maximum atomic E-state index is 11.0. The number of aliphatic carboxylic acids is 1. The van der Waals surface area contributed by atoms with Crippen molar-refractivity contribution in [3.63, 3.8) is 0 Å². The molecule has 0 saturated carbocycles. The minimum atomic E-state index is -1.18. The lowest BCUT2D eigenvalue weighted by Gasteiger charge is -2.20. The molecule has 1 aromatic carbocycles. The second-order valence-corrected chi connectivity index (χ2v) is 3.69. The fourth-order valence-electron chi connectivity index (χ4n) is 1.81. The predicted octanol–water partition coefficient (Wildman–Crippen LogP) is 1.11. The molecule has 1 atom stereocenters. The molecule has 0 spiro atoms. The largest absolute Gasteiger partial charge is 0.493 e. The number of ether oxygens (including phenoxy) is 3. The summed E-state index contributed by atoms with van der Waals surface area (Å²) in [6.45, 7) is 1.74. The van der Waals surface area contributed by atoms with Crippen molar-refractivity contribution in [1.29, 1.82) is 0 Å². The van der Waals surface area contributed by atoms with Crippen LogP contribution in [0.15, 0.2) is 6.07 Å². The standard InChI is InChI=1S/C12H17NO5/c1-6-5-7(16-2)10(17-3)11(18-4)8(6)9(13)12(14)15/h5,9H,13H2,1-4H3,(H,14,15). The van der Waals surface area contributed by atoms with Crippen LogP contribution in [0.5, 0.6) is 17.2 Å². The first-order valence-electron chi connectivity index (χ1n) is 5.25. The molecule has 0 amide bonds. The summed E-state index contributed by atoms with van der Waals surface area (Å²) in [6.07, 6.45) is 0. The summed E-state index contributed by atoms with van der Waals surface area (Å²) in [6, 6.07) is 0.485. The highest BCUT2D eigenvalue weighted by molar-refractivity contribution is 5.78. The molecule has 0 aliphatic carbocycles. The van der Waals surface area contributed by atoms with Gasteiger partial charge >= 0.3 is 5.97 Å². The van der Waals surface area contributed by atoms with Gasteiger partial charge in [-0.1, -0.05) is 0 Å². The highest BCUT2D eigenvalue weighted by Crippen LogP contribution is 2.43. The van der Waals surface area contributed by atoms with E-state index in [1.54, 1.807) is 13.0 Å². The molecular weight excluding hydrogens is 238 g/mol. The van der Waals surface area contributed by atoms with Crippen molar-refractivity contribution >= 4 is 5.97 Å². The van der Waals surface area contributed by atoms with Gasteiger partial charge in [0.1, 0.15) is 6.04 Å². The van der Waals surface area contributed by atoms with Gasteiger partial charge in [-0.05, 0) is 18.6 Å². The zero-order valence-corrected chi connectivity index (χ0v) is 10.8. The third-order valence-electron chi connectivity index (χ3n) is 2.65. The van der Waals surface area contributed by atoms with Crippen LogP contribution in [0.3, 0.4) is 0 Å². The average Bonchev–Trinajstić information content (AvgIpc) is 2.36. The van der Waals surface area contributed by atoms with Crippen LogP contribution in [0.4, 0.5) is 0 Å². The lowest BCUT2D eigenvalue weighted by Crippen LogP contribution is -2.22. The van der Waals surface area contributed by atoms with Gasteiger partial charge in [0.15, 0.2) is 11.5 Å². The van der Waals surface area contributed by atoms with E-state index in [9.17, 15) is 4.79 Å². The van der Waals surface area contributed by atoms with E-state index < -0.39 is 12.0 Å². The minimum absolute atomic E-state index is 0.282. The van der Waals surface area contributed by atoms with Crippen molar-refractivity contribution < 1.29 is 24.1 Å². The molecule has 0 fully saturated rings. The van der Waals surface area contributed by atoms with Gasteiger partial charge in [0, 0.05) is 5.56 Å². The van der Waals surface area contributed by atoms with Gasteiger partial charge in [-0.25, -0.2) is 0 Å². The first kappa shape index (κ1) is 14.1. The Morgan fingerprint density at radius 1 is 1.22 bits per heavy atom. The number of benzene rings is 1. The van der Waals surface area contributed by atoms with Crippen LogP contribution < -0.4 is 19.9 Å². The van der Waals surface area contributed by atoms with E-state index in [2.05, 4.69) is 0 Å². The van der Waals surface area contributed by atoms with Gasteiger partial charge in [-0.15, -0.1) is 0 Å². The van der Waals surface area contributed by atoms with Gasteiger partial charge in [0.2, 0.25) is 5.75 Å². The van der Waals surface area contributed by atoms with Gasteiger partial charge in [-0.3, -0.25) is 4.79 Å². The predicted molar refractivity (Wildman–Crippen MR) is 65.4 cm³/mol. The summed E-state index contributed by atoms with van der Waals surface area (Å²) in [5.41, 5.74) is 6.70. The molecule has 6 heteroatoms. The van der Waals surface area contributed by atoms with E-state index in [1.807, 2.05) is 0 Å². The number of carboxylic acid groups (broad SMARTS) is 1. The van der Waals surface area contributed by atoms with Gasteiger partial charge < -0.3 is 25.1 Å². The maximum Gasteiger partial charge on any atom is 0.325 e. The van der Waals surface area contributed by atoms with Crippen molar-refractivity contribution in [2.75, 3.05) is 21.3 Å². The summed E-state index contributed by atoms with van der Waals surface area (Å²) in [5.74, 6) is -0.0571. The van der Waals surface area contributed by atoms with E-state index >= 15 is 0 Å². The Bertz CT molecular complexity index is 458. The van der Waals surface area contributed by atoms with E-state index in [-0.39, 0.29) is 5.75 Å². The molecule has 3 N–H and O–H groups in total. The molecular formula is C12H17NO5. The third-order valence-corrected chi connectivity index (χ3v) is 2.65. The smallest absolute Gasteiger partial charge is 0.325 e. The van der Waals surface area contributed by atoms with Crippen LogP contribution in [0.25, 0.3) is 0 Å². The highest BCUT2D eigenvalue weighted by Gasteiger charge is 2.26. The van der Waals surface area contributed by atoms with Crippen molar-refractivity contribution in [1.82, 2.24) is 0 Å². The summed E-state index contributed by atoms with van der Waals surface area (Å²) < 4.78 is 15.6. The molecule has 1 unspecified atom stereocenters. The van der Waals surface area contributed by atoms with Crippen LogP contribution in [-0.2, 0) is 4.79 Å². The molecule has 1 rings (SSSR count). The van der Waals surface area contributed by atoms with Crippen LogP contribution in [-0.4, -0.2) is 32.4 Å². The van der Waals surface area contributed by atoms with Crippen molar-refractivity contribution in [3.05, 3.63) is 17.2 Å². The first-order chi connectivity index (χ1) is 8.47. The molecule has 100 valence electrons. The lowest BCUT2D eigenvalue weighted by molar-refractivity contribution is -0.138. The molecule has 0 aromatic heterocycles. The summed E-state index contributed by atoms with van der Waals surface area (Å²) in [5, 5.41) is 9.02. The Morgan fingerprint density at radius 2 is 1.78 bits per heavy atom. The van der Waals surface area contributed by atoms with E-state index in [4.69, 9.17) is 25.1 Å². The second kappa shape index (κ2) is 5.59. The van der Waals surface area contributed by atoms with Gasteiger partial charge in [0.05, 0.1) is 21.3 Å². The SMILES string of the molecule is COc1cc(C)c(C(N)C(=O)O)c(OC)c1OC. The normalized spacial score (nSPS) is 11.8. The Labute approximate surface area is 105 Å². The molecule has 0 aliphatic rings. The zero-order valence-electron chi connectivity index (χ0n) is 10.8. The van der Waals surface area contributed by atoms with Crippen molar-refractivity contribution in [2.45, 2.75) is 13.0 Å². The second-order valence-electron chi connectivity index (χ2n) is 3.69. The number of nitrogens with two attached hydrogens (primary N) is 1. The van der Waals surface area contributed by atoms with Crippen LogP contribution in [0.1, 0.15) is 17.2 Å². The first-order valence-corrected chi connectivity index (χ1v) is 5.25. The average molecular weight is 255 g/mol. The molecule has 0 saturated heterocycles. The highest BCUT2D eigenvalue weighted by atomic mass is 16.5. The summed E-state index contributed by atoms with van der Waals surface area (Å²) in [4.78, 5) is 11.0. The fourth-order valence-corrected chi connectivity index (χ4v) is 1.81. The molecule has 1 aromatic rings. The summed E-state index contributed by atoms with van der Waals surface area (Å²) >= 11 is 0. The van der Waals surface area contributed by atoms with Crippen LogP contribution >= 0.6 is 0 Å². The van der Waals surface area contributed by atoms with Crippen molar-refractivity contribution in [2.24, 2.45) is 5.73 Å². The topological polar surface area (TPSA) is 91.0 Å². The Hall–Kier alpha value is -1.95. The number of methoxy groups -OCH3 is 3. The van der Waals surface area contributed by atoms with E-state index in [1.165, 1.54) is 21.3 Å². The van der Waals surface area contributed by atoms with Crippen molar-refractivity contribution in [3.8, 4) is 17.2 Å². The quantitative estimate of drug-likeness (QED) is 0.818. The lowest BCUT2D eigenvalue weighted by atomic mass is 9.99. The van der Waals surface area contributed by atoms with Crippen LogP contribution in [0, 0.1) is 6.92 Å². The number of rotatable bonds is 5. The van der Waals surface area contributed by atoms with Gasteiger partial charge in [0.25, 0.3) is 0 Å². The number of aryl methyl sites for hydroxylation is 1. The number of hydrogen-bond donors (Lipinski definition) is 2. The molecule has 6 nitrogen and oxygen atoms in total. The molecule has 0 bridgehead atoms. The molecule has 0 aliphatic heterocycles. The minimum Gasteiger partial charge on any atom is -0.493 e. The molecule has 0 heterocycles. The van der Waals surface area contributed by atoms with Crippen LogP contribution in [0.2, 0.25) is 0 Å². The monoisotopic (exact) mass is 255 g/mol. The third kappa shape index (κ3) is 2.33. The Morgan fingerprint density at radius 3 is 2.17 bits per heavy atom. The zero-order chi connectivity index (χ0) is 13.9. The van der Waals surface area contributed by atoms with E-state index in [0.29, 0.717) is 22.6 Å². The summed E-state index contributed by atoms with van der Waals surface area (Å²) in [7, 11) is 4.37. The number of carboxylic acids is 1. The fraction of sp³-hybridized carbons (Fsp3) is 0.417. The Balaban J connectivity index is 3.55.